The molecule has 1 atom stereocenters. The van der Waals surface area contributed by atoms with Crippen LogP contribution in [0, 0.1) is 17.2 Å². The second-order valence-corrected chi connectivity index (χ2v) is 5.27. The van der Waals surface area contributed by atoms with Gasteiger partial charge in [0.15, 0.2) is 5.76 Å². The molecule has 0 saturated heterocycles. The van der Waals surface area contributed by atoms with E-state index in [0.29, 0.717) is 17.3 Å². The maximum atomic E-state index is 12.2. The zero-order valence-corrected chi connectivity index (χ0v) is 12.6. The van der Waals surface area contributed by atoms with Crippen molar-refractivity contribution in [1.82, 2.24) is 4.90 Å². The highest BCUT2D eigenvalue weighted by molar-refractivity contribution is 6.33. The maximum absolute atomic E-state index is 12.2. The Morgan fingerprint density at radius 1 is 1.38 bits per heavy atom. The average Bonchev–Trinajstić information content (AvgIpc) is 2.96. The van der Waals surface area contributed by atoms with Gasteiger partial charge in [-0.15, -0.1) is 0 Å². The maximum Gasteiger partial charge on any atom is 0.289 e. The third-order valence-corrected chi connectivity index (χ3v) is 3.40. The van der Waals surface area contributed by atoms with Crippen LogP contribution < -0.4 is 0 Å². The second-order valence-electron chi connectivity index (χ2n) is 4.86. The third kappa shape index (κ3) is 3.45. The highest BCUT2D eigenvalue weighted by Crippen LogP contribution is 2.29. The fourth-order valence-corrected chi connectivity index (χ4v) is 2.21. The van der Waals surface area contributed by atoms with Crippen LogP contribution in [0.1, 0.15) is 17.5 Å². The molecular formula is C16H15ClN2O2. The summed E-state index contributed by atoms with van der Waals surface area (Å²) in [6.45, 7) is 2.12. The number of carbonyl (C=O) groups is 1. The van der Waals surface area contributed by atoms with E-state index in [0.717, 1.165) is 5.56 Å². The number of benzene rings is 1. The largest absolute Gasteiger partial charge is 0.451 e. The zero-order chi connectivity index (χ0) is 15.4. The number of nitrogens with zero attached hydrogens (tertiary/aromatic N) is 2. The first-order valence-corrected chi connectivity index (χ1v) is 6.90. The molecule has 21 heavy (non-hydrogen) atoms. The number of amides is 1. The van der Waals surface area contributed by atoms with E-state index >= 15 is 0 Å². The van der Waals surface area contributed by atoms with E-state index in [-0.39, 0.29) is 17.6 Å². The minimum absolute atomic E-state index is 0.225. The molecule has 2 aromatic rings. The average molecular weight is 303 g/mol. The first-order chi connectivity index (χ1) is 10.0. The summed E-state index contributed by atoms with van der Waals surface area (Å²) in [4.78, 5) is 13.7. The Morgan fingerprint density at radius 2 is 2.10 bits per heavy atom. The summed E-state index contributed by atoms with van der Waals surface area (Å²) in [5.74, 6) is 0.301. The monoisotopic (exact) mass is 302 g/mol. The predicted octanol–water partition coefficient (Wildman–Crippen LogP) is 3.83. The van der Waals surface area contributed by atoms with Crippen molar-refractivity contribution in [2.45, 2.75) is 6.92 Å². The summed E-state index contributed by atoms with van der Waals surface area (Å²) in [5, 5.41) is 9.36. The Balaban J connectivity index is 2.19. The predicted molar refractivity (Wildman–Crippen MR) is 80.9 cm³/mol. The Hall–Kier alpha value is -2.25. The van der Waals surface area contributed by atoms with Crippen LogP contribution in [0.25, 0.3) is 11.3 Å². The van der Waals surface area contributed by atoms with Crippen LogP contribution in [0.5, 0.6) is 0 Å². The van der Waals surface area contributed by atoms with Gasteiger partial charge in [0.25, 0.3) is 5.91 Å². The molecule has 1 heterocycles. The third-order valence-electron chi connectivity index (χ3n) is 3.07. The minimum Gasteiger partial charge on any atom is -0.451 e. The fourth-order valence-electron chi connectivity index (χ4n) is 1.98. The van der Waals surface area contributed by atoms with Crippen molar-refractivity contribution in [2.75, 3.05) is 13.6 Å². The Bertz CT molecular complexity index is 688. The number of nitriles is 1. The van der Waals surface area contributed by atoms with Crippen LogP contribution >= 0.6 is 11.6 Å². The van der Waals surface area contributed by atoms with Gasteiger partial charge in [-0.1, -0.05) is 23.7 Å². The van der Waals surface area contributed by atoms with Gasteiger partial charge in [-0.3, -0.25) is 4.79 Å². The number of halogens is 1. The van der Waals surface area contributed by atoms with Crippen molar-refractivity contribution < 1.29 is 9.21 Å². The van der Waals surface area contributed by atoms with Crippen LogP contribution in [-0.2, 0) is 0 Å². The number of hydrogen-bond acceptors (Lipinski definition) is 3. The van der Waals surface area contributed by atoms with Crippen LogP contribution in [0.15, 0.2) is 40.8 Å². The quantitative estimate of drug-likeness (QED) is 0.862. The summed E-state index contributed by atoms with van der Waals surface area (Å²) in [6.07, 6.45) is 0. The van der Waals surface area contributed by atoms with Gasteiger partial charge in [-0.25, -0.2) is 0 Å². The summed E-state index contributed by atoms with van der Waals surface area (Å²) in [5.41, 5.74) is 0.742. The van der Waals surface area contributed by atoms with E-state index in [2.05, 4.69) is 6.07 Å². The highest BCUT2D eigenvalue weighted by Gasteiger charge is 2.18. The molecule has 1 aromatic carbocycles. The van der Waals surface area contributed by atoms with Crippen LogP contribution in [0.2, 0.25) is 5.02 Å². The van der Waals surface area contributed by atoms with Gasteiger partial charge in [0.05, 0.1) is 17.0 Å². The first kappa shape index (κ1) is 15.1. The lowest BCUT2D eigenvalue weighted by molar-refractivity contribution is 0.0754. The van der Waals surface area contributed by atoms with Crippen molar-refractivity contribution >= 4 is 17.5 Å². The molecule has 1 aromatic heterocycles. The SMILES string of the molecule is CC(C#N)CN(C)C(=O)c1ccc(-c2ccccc2Cl)o1. The number of hydrogen-bond donors (Lipinski definition) is 0. The molecule has 4 nitrogen and oxygen atoms in total. The highest BCUT2D eigenvalue weighted by atomic mass is 35.5. The van der Waals surface area contributed by atoms with Crippen molar-refractivity contribution in [3.05, 3.63) is 47.2 Å². The summed E-state index contributed by atoms with van der Waals surface area (Å²) < 4.78 is 5.59. The van der Waals surface area contributed by atoms with Crippen LogP contribution in [0.4, 0.5) is 0 Å². The van der Waals surface area contributed by atoms with Gasteiger partial charge in [0.1, 0.15) is 5.76 Å². The lowest BCUT2D eigenvalue weighted by Gasteiger charge is -2.16. The molecule has 0 radical (unpaired) electrons. The van der Waals surface area contributed by atoms with Gasteiger partial charge >= 0.3 is 0 Å². The van der Waals surface area contributed by atoms with Gasteiger partial charge in [-0.2, -0.15) is 5.26 Å². The first-order valence-electron chi connectivity index (χ1n) is 6.52. The Kier molecular flexibility index (Phi) is 4.66. The molecule has 0 bridgehead atoms. The molecule has 0 saturated carbocycles. The molecule has 2 rings (SSSR count). The number of carbonyl (C=O) groups excluding carboxylic acids is 1. The molecule has 108 valence electrons. The van der Waals surface area contributed by atoms with E-state index in [9.17, 15) is 4.79 Å². The molecule has 1 amide bonds. The lowest BCUT2D eigenvalue weighted by atomic mass is 10.2. The van der Waals surface area contributed by atoms with Gasteiger partial charge < -0.3 is 9.32 Å². The van der Waals surface area contributed by atoms with Gasteiger partial charge in [0.2, 0.25) is 0 Å². The molecule has 0 aliphatic heterocycles. The van der Waals surface area contributed by atoms with Crippen molar-refractivity contribution in [1.29, 1.82) is 5.26 Å². The van der Waals surface area contributed by atoms with Crippen molar-refractivity contribution in [2.24, 2.45) is 5.92 Å². The molecule has 1 unspecified atom stereocenters. The number of furan rings is 1. The summed E-state index contributed by atoms with van der Waals surface area (Å²) in [6, 6.07) is 12.7. The standard InChI is InChI=1S/C16H15ClN2O2/c1-11(9-18)10-19(2)16(20)15-8-7-14(21-15)12-5-3-4-6-13(12)17/h3-8,11H,10H2,1-2H3. The van der Waals surface area contributed by atoms with E-state index in [4.69, 9.17) is 21.3 Å². The van der Waals surface area contributed by atoms with Gasteiger partial charge in [-0.05, 0) is 31.2 Å². The Labute approximate surface area is 128 Å². The summed E-state index contributed by atoms with van der Waals surface area (Å²) in [7, 11) is 1.65. The smallest absolute Gasteiger partial charge is 0.289 e. The molecule has 5 heteroatoms. The zero-order valence-electron chi connectivity index (χ0n) is 11.8. The summed E-state index contributed by atoms with van der Waals surface area (Å²) >= 11 is 6.11. The molecule has 0 spiro atoms. The van der Waals surface area contributed by atoms with Crippen LogP contribution in [-0.4, -0.2) is 24.4 Å². The minimum atomic E-state index is -0.254. The van der Waals surface area contributed by atoms with E-state index in [1.165, 1.54) is 4.90 Å². The van der Waals surface area contributed by atoms with Crippen LogP contribution in [0.3, 0.4) is 0 Å². The molecule has 0 aliphatic rings. The second kappa shape index (κ2) is 6.47. The molecule has 0 N–H and O–H groups in total. The lowest BCUT2D eigenvalue weighted by Crippen LogP contribution is -2.30. The topological polar surface area (TPSA) is 57.2 Å². The molecular weight excluding hydrogens is 288 g/mol. The Morgan fingerprint density at radius 3 is 2.76 bits per heavy atom. The van der Waals surface area contributed by atoms with Crippen molar-refractivity contribution in [3.8, 4) is 17.4 Å². The number of rotatable bonds is 4. The van der Waals surface area contributed by atoms with E-state index in [1.54, 1.807) is 32.2 Å². The van der Waals surface area contributed by atoms with E-state index in [1.807, 2.05) is 18.2 Å². The van der Waals surface area contributed by atoms with E-state index < -0.39 is 0 Å². The molecule has 0 aliphatic carbocycles. The molecule has 0 fully saturated rings. The van der Waals surface area contributed by atoms with Crippen molar-refractivity contribution in [3.63, 3.8) is 0 Å². The van der Waals surface area contributed by atoms with Gasteiger partial charge in [0, 0.05) is 19.2 Å². The fraction of sp³-hybridized carbons (Fsp3) is 0.250. The normalized spacial score (nSPS) is 11.7.